The monoisotopic (exact) mass is 154 g/mol. The van der Waals surface area contributed by atoms with Crippen LogP contribution in [0.15, 0.2) is 5.11 Å². The molecule has 0 unspecified atom stereocenters. The third-order valence-corrected chi connectivity index (χ3v) is 1.80. The lowest BCUT2D eigenvalue weighted by atomic mass is 10.3. The van der Waals surface area contributed by atoms with Crippen LogP contribution in [-0.2, 0) is 0 Å². The summed E-state index contributed by atoms with van der Waals surface area (Å²) in [6.45, 7) is 1.94. The van der Waals surface area contributed by atoms with Crippen molar-refractivity contribution in [1.82, 2.24) is 4.90 Å². The summed E-state index contributed by atoms with van der Waals surface area (Å²) in [7, 11) is 3.86. The highest BCUT2D eigenvalue weighted by molar-refractivity contribution is 5.75. The summed E-state index contributed by atoms with van der Waals surface area (Å²) < 4.78 is 1.96. The highest BCUT2D eigenvalue weighted by atomic mass is 15.4. The minimum atomic E-state index is 0.721. The van der Waals surface area contributed by atoms with Crippen molar-refractivity contribution in [3.8, 4) is 0 Å². The summed E-state index contributed by atoms with van der Waals surface area (Å²) >= 11 is 0. The number of azide groups is 1. The fourth-order valence-corrected chi connectivity index (χ4v) is 1.23. The zero-order valence-electron chi connectivity index (χ0n) is 6.86. The van der Waals surface area contributed by atoms with Gasteiger partial charge in [0.15, 0.2) is 0 Å². The lowest BCUT2D eigenvalue weighted by molar-refractivity contribution is -0.509. The maximum absolute atomic E-state index is 8.24. The lowest BCUT2D eigenvalue weighted by Gasteiger charge is -2.21. The Morgan fingerprint density at radius 2 is 2.45 bits per heavy atom. The van der Waals surface area contributed by atoms with Gasteiger partial charge in [-0.15, -0.1) is 0 Å². The number of guanidine groups is 1. The van der Waals surface area contributed by atoms with Crippen LogP contribution < -0.4 is 0 Å². The standard InChI is InChI=1S/C6H12N5/c1-10-4-3-5-11(2)6(10)8-9-7/h3-5H2,1-2H3/q+1. The van der Waals surface area contributed by atoms with Crippen molar-refractivity contribution in [2.45, 2.75) is 6.42 Å². The second kappa shape index (κ2) is 3.25. The molecule has 1 aliphatic rings. The number of hydrogen-bond acceptors (Lipinski definition) is 2. The Hall–Kier alpha value is -1.22. The fraction of sp³-hybridized carbons (Fsp3) is 0.833. The van der Waals surface area contributed by atoms with Gasteiger partial charge in [0.05, 0.1) is 27.2 Å². The number of nitrogens with zero attached hydrogens (tertiary/aromatic N) is 5. The molecule has 5 heteroatoms. The molecule has 0 fully saturated rings. The van der Waals surface area contributed by atoms with Gasteiger partial charge in [0.25, 0.3) is 5.96 Å². The van der Waals surface area contributed by atoms with E-state index in [9.17, 15) is 0 Å². The molecular formula is C6H12N5+. The number of rotatable bonds is 0. The summed E-state index contributed by atoms with van der Waals surface area (Å²) in [4.78, 5) is 4.73. The third-order valence-electron chi connectivity index (χ3n) is 1.80. The van der Waals surface area contributed by atoms with Gasteiger partial charge in [-0.2, -0.15) is 0 Å². The van der Waals surface area contributed by atoms with E-state index in [1.807, 2.05) is 23.6 Å². The minimum absolute atomic E-state index is 0.721. The maximum Gasteiger partial charge on any atom is 0.282 e. The normalized spacial score (nSPS) is 18.2. The van der Waals surface area contributed by atoms with Crippen molar-refractivity contribution >= 4 is 5.96 Å². The van der Waals surface area contributed by atoms with Crippen LogP contribution in [0.4, 0.5) is 0 Å². The Bertz CT molecular complexity index is 225. The molecule has 11 heavy (non-hydrogen) atoms. The van der Waals surface area contributed by atoms with Crippen molar-refractivity contribution < 1.29 is 4.58 Å². The van der Waals surface area contributed by atoms with Gasteiger partial charge in [0, 0.05) is 16.4 Å². The van der Waals surface area contributed by atoms with Crippen LogP contribution in [0.5, 0.6) is 0 Å². The molecule has 1 heterocycles. The van der Waals surface area contributed by atoms with Gasteiger partial charge in [-0.25, -0.2) is 0 Å². The van der Waals surface area contributed by atoms with Gasteiger partial charge in [-0.3, -0.25) is 9.48 Å². The molecule has 0 aromatic rings. The largest absolute Gasteiger partial charge is 0.293 e. The smallest absolute Gasteiger partial charge is 0.282 e. The zero-order chi connectivity index (χ0) is 8.27. The molecule has 0 aromatic heterocycles. The Morgan fingerprint density at radius 3 is 3.00 bits per heavy atom. The molecule has 0 amide bonds. The first-order valence-electron chi connectivity index (χ1n) is 3.60. The van der Waals surface area contributed by atoms with Crippen LogP contribution >= 0.6 is 0 Å². The highest BCUT2D eigenvalue weighted by Crippen LogP contribution is 1.99. The zero-order valence-corrected chi connectivity index (χ0v) is 6.86. The summed E-state index contributed by atoms with van der Waals surface area (Å²) in [5.74, 6) is 0.721. The van der Waals surface area contributed by atoms with Crippen molar-refractivity contribution in [2.24, 2.45) is 5.11 Å². The van der Waals surface area contributed by atoms with Gasteiger partial charge in [0.2, 0.25) is 0 Å². The molecule has 0 aliphatic carbocycles. The van der Waals surface area contributed by atoms with Crippen LogP contribution in [-0.4, -0.2) is 42.6 Å². The molecule has 1 rings (SSSR count). The van der Waals surface area contributed by atoms with Gasteiger partial charge in [-0.05, 0) is 5.53 Å². The van der Waals surface area contributed by atoms with Crippen molar-refractivity contribution in [3.63, 3.8) is 0 Å². The van der Waals surface area contributed by atoms with E-state index in [0.29, 0.717) is 0 Å². The third kappa shape index (κ3) is 1.62. The SMILES string of the molecule is CN1CCC[N+](C)=C1N=[N+]=[N-]. The van der Waals surface area contributed by atoms with Crippen LogP contribution in [0.1, 0.15) is 6.42 Å². The van der Waals surface area contributed by atoms with Crippen molar-refractivity contribution in [2.75, 3.05) is 27.2 Å². The Balaban J connectivity index is 2.90. The van der Waals surface area contributed by atoms with Crippen LogP contribution in [0, 0.1) is 0 Å². The topological polar surface area (TPSA) is 55.0 Å². The molecule has 0 spiro atoms. The fourth-order valence-electron chi connectivity index (χ4n) is 1.23. The molecule has 0 saturated carbocycles. The minimum Gasteiger partial charge on any atom is -0.293 e. The average Bonchev–Trinajstić information content (AvgIpc) is 1.97. The Morgan fingerprint density at radius 1 is 1.73 bits per heavy atom. The molecule has 0 saturated heterocycles. The molecule has 0 N–H and O–H groups in total. The van der Waals surface area contributed by atoms with Crippen LogP contribution in [0.3, 0.4) is 0 Å². The van der Waals surface area contributed by atoms with E-state index in [1.165, 1.54) is 0 Å². The molecular weight excluding hydrogens is 142 g/mol. The lowest BCUT2D eigenvalue weighted by Crippen LogP contribution is -2.39. The maximum atomic E-state index is 8.24. The quantitative estimate of drug-likeness (QED) is 0.218. The predicted octanol–water partition coefficient (Wildman–Crippen LogP) is 0.630. The second-order valence-electron chi connectivity index (χ2n) is 2.69. The van der Waals surface area contributed by atoms with E-state index in [1.54, 1.807) is 0 Å². The molecule has 1 aliphatic heterocycles. The highest BCUT2D eigenvalue weighted by Gasteiger charge is 2.16. The molecule has 0 aromatic carbocycles. The van der Waals surface area contributed by atoms with Gasteiger partial charge >= 0.3 is 0 Å². The summed E-state index contributed by atoms with van der Waals surface area (Å²) in [5, 5.41) is 3.59. The molecule has 0 radical (unpaired) electrons. The van der Waals surface area contributed by atoms with E-state index in [2.05, 4.69) is 10.0 Å². The van der Waals surface area contributed by atoms with Gasteiger partial charge in [-0.1, -0.05) is 0 Å². The molecule has 60 valence electrons. The molecule has 5 nitrogen and oxygen atoms in total. The van der Waals surface area contributed by atoms with Crippen LogP contribution in [0.2, 0.25) is 0 Å². The van der Waals surface area contributed by atoms with E-state index < -0.39 is 0 Å². The molecule has 0 bridgehead atoms. The summed E-state index contributed by atoms with van der Waals surface area (Å²) in [6, 6.07) is 0. The first kappa shape index (κ1) is 7.88. The predicted molar refractivity (Wildman–Crippen MR) is 42.5 cm³/mol. The van der Waals surface area contributed by atoms with E-state index >= 15 is 0 Å². The summed E-state index contributed by atoms with van der Waals surface area (Å²) in [6.07, 6.45) is 1.12. The average molecular weight is 154 g/mol. The first-order chi connectivity index (χ1) is 5.25. The van der Waals surface area contributed by atoms with Gasteiger partial charge < -0.3 is 0 Å². The van der Waals surface area contributed by atoms with E-state index in [0.717, 1.165) is 25.5 Å². The second-order valence-corrected chi connectivity index (χ2v) is 2.69. The van der Waals surface area contributed by atoms with Crippen LogP contribution in [0.25, 0.3) is 10.4 Å². The first-order valence-corrected chi connectivity index (χ1v) is 3.60. The van der Waals surface area contributed by atoms with Crippen molar-refractivity contribution in [3.05, 3.63) is 10.4 Å². The van der Waals surface area contributed by atoms with E-state index in [-0.39, 0.29) is 0 Å². The summed E-state index contributed by atoms with van der Waals surface area (Å²) in [5.41, 5.74) is 8.24. The Labute approximate surface area is 65.6 Å². The molecule has 0 atom stereocenters. The number of hydrogen-bond donors (Lipinski definition) is 0. The Kier molecular flexibility index (Phi) is 2.33. The van der Waals surface area contributed by atoms with E-state index in [4.69, 9.17) is 5.53 Å². The van der Waals surface area contributed by atoms with Crippen molar-refractivity contribution in [1.29, 1.82) is 0 Å². The van der Waals surface area contributed by atoms with Gasteiger partial charge in [0.1, 0.15) is 0 Å².